The first kappa shape index (κ1) is 17.4. The Morgan fingerprint density at radius 1 is 1.25 bits per heavy atom. The Bertz CT molecular complexity index is 750. The van der Waals surface area contributed by atoms with Gasteiger partial charge in [-0.3, -0.25) is 9.59 Å². The number of ether oxygens (including phenoxy) is 2. The number of methoxy groups -OCH3 is 2. The van der Waals surface area contributed by atoms with E-state index in [0.717, 1.165) is 5.56 Å². The zero-order valence-electron chi connectivity index (χ0n) is 13.7. The van der Waals surface area contributed by atoms with Crippen LogP contribution in [0, 0.1) is 6.92 Å². The quantitative estimate of drug-likeness (QED) is 0.806. The third kappa shape index (κ3) is 3.68. The van der Waals surface area contributed by atoms with Crippen LogP contribution in [0.2, 0.25) is 0 Å². The van der Waals surface area contributed by atoms with Gasteiger partial charge in [-0.25, -0.2) is 0 Å². The molecular formula is C17H19NO6. The molecule has 0 saturated carbocycles. The lowest BCUT2D eigenvalue weighted by Gasteiger charge is -2.13. The molecule has 0 aliphatic carbocycles. The highest BCUT2D eigenvalue weighted by atomic mass is 16.5. The van der Waals surface area contributed by atoms with Crippen LogP contribution in [0.25, 0.3) is 0 Å². The van der Waals surface area contributed by atoms with Gasteiger partial charge in [0.25, 0.3) is 5.91 Å². The van der Waals surface area contributed by atoms with Crippen LogP contribution in [0.5, 0.6) is 11.5 Å². The molecule has 0 aliphatic heterocycles. The van der Waals surface area contributed by atoms with Gasteiger partial charge in [0.2, 0.25) is 0 Å². The summed E-state index contributed by atoms with van der Waals surface area (Å²) in [5, 5.41) is 11.6. The summed E-state index contributed by atoms with van der Waals surface area (Å²) in [6, 6.07) is 5.36. The first-order valence-corrected chi connectivity index (χ1v) is 7.24. The van der Waals surface area contributed by atoms with E-state index in [1.807, 2.05) is 6.07 Å². The van der Waals surface area contributed by atoms with Gasteiger partial charge in [0.05, 0.1) is 26.0 Å². The van der Waals surface area contributed by atoms with Gasteiger partial charge in [-0.2, -0.15) is 0 Å². The number of aliphatic carboxylic acids is 1. The van der Waals surface area contributed by atoms with E-state index in [-0.39, 0.29) is 24.3 Å². The van der Waals surface area contributed by atoms with Crippen molar-refractivity contribution in [2.75, 3.05) is 14.2 Å². The van der Waals surface area contributed by atoms with Crippen LogP contribution in [0.15, 0.2) is 28.9 Å². The standard InChI is InChI=1S/C17H19NO6/c1-10-9-24-13(7-14(19)20)15(10)17(21)18-8-11-5-4-6-12(22-2)16(11)23-3/h4-6,9H,7-8H2,1-3H3,(H,18,21)(H,19,20). The second-order valence-electron chi connectivity index (χ2n) is 5.12. The molecule has 0 atom stereocenters. The highest BCUT2D eigenvalue weighted by Gasteiger charge is 2.21. The van der Waals surface area contributed by atoms with Crippen LogP contribution >= 0.6 is 0 Å². The number of carbonyl (C=O) groups excluding carboxylic acids is 1. The van der Waals surface area contributed by atoms with Crippen LogP contribution < -0.4 is 14.8 Å². The first-order chi connectivity index (χ1) is 11.5. The molecule has 0 fully saturated rings. The molecule has 1 heterocycles. The maximum Gasteiger partial charge on any atom is 0.311 e. The molecule has 1 aromatic heterocycles. The van der Waals surface area contributed by atoms with E-state index >= 15 is 0 Å². The number of hydrogen-bond donors (Lipinski definition) is 2. The number of nitrogens with one attached hydrogen (secondary N) is 1. The minimum atomic E-state index is -1.06. The number of amides is 1. The molecule has 24 heavy (non-hydrogen) atoms. The van der Waals surface area contributed by atoms with Gasteiger partial charge in [0.15, 0.2) is 11.5 Å². The third-order valence-corrected chi connectivity index (χ3v) is 3.51. The molecule has 0 spiro atoms. The van der Waals surface area contributed by atoms with Gasteiger partial charge in [0.1, 0.15) is 12.2 Å². The number of furan rings is 1. The minimum Gasteiger partial charge on any atom is -0.493 e. The van der Waals surface area contributed by atoms with Crippen LogP contribution in [0.4, 0.5) is 0 Å². The highest BCUT2D eigenvalue weighted by Crippen LogP contribution is 2.30. The van der Waals surface area contributed by atoms with Crippen molar-refractivity contribution in [3.05, 3.63) is 46.9 Å². The summed E-state index contributed by atoms with van der Waals surface area (Å²) in [5.74, 6) is -0.226. The number of carboxylic acids is 1. The van der Waals surface area contributed by atoms with Crippen molar-refractivity contribution in [1.82, 2.24) is 5.32 Å². The molecule has 0 saturated heterocycles. The van der Waals surface area contributed by atoms with E-state index in [1.54, 1.807) is 19.1 Å². The Labute approximate surface area is 139 Å². The average Bonchev–Trinajstić information content (AvgIpc) is 2.91. The number of para-hydroxylation sites is 1. The van der Waals surface area contributed by atoms with E-state index in [4.69, 9.17) is 19.0 Å². The van der Waals surface area contributed by atoms with E-state index in [2.05, 4.69) is 5.32 Å². The predicted octanol–water partition coefficient (Wildman–Crippen LogP) is 2.16. The average molecular weight is 333 g/mol. The van der Waals surface area contributed by atoms with Crippen molar-refractivity contribution in [2.24, 2.45) is 0 Å². The summed E-state index contributed by atoms with van der Waals surface area (Å²) in [5.41, 5.74) is 1.58. The fourth-order valence-corrected chi connectivity index (χ4v) is 2.43. The summed E-state index contributed by atoms with van der Waals surface area (Å²) >= 11 is 0. The van der Waals surface area contributed by atoms with E-state index in [1.165, 1.54) is 20.5 Å². The second kappa shape index (κ2) is 7.54. The Morgan fingerprint density at radius 2 is 2.00 bits per heavy atom. The van der Waals surface area contributed by atoms with E-state index in [9.17, 15) is 9.59 Å². The maximum absolute atomic E-state index is 12.4. The van der Waals surface area contributed by atoms with E-state index < -0.39 is 11.9 Å². The molecule has 2 aromatic rings. The fraction of sp³-hybridized carbons (Fsp3) is 0.294. The number of aryl methyl sites for hydroxylation is 1. The predicted molar refractivity (Wildman–Crippen MR) is 85.5 cm³/mol. The van der Waals surface area contributed by atoms with Crippen LogP contribution in [-0.2, 0) is 17.8 Å². The Morgan fingerprint density at radius 3 is 2.62 bits per heavy atom. The molecule has 1 aromatic carbocycles. The maximum atomic E-state index is 12.4. The van der Waals surface area contributed by atoms with Crippen LogP contribution in [0.1, 0.15) is 27.2 Å². The van der Waals surface area contributed by atoms with Crippen molar-refractivity contribution in [1.29, 1.82) is 0 Å². The summed E-state index contributed by atoms with van der Waals surface area (Å²) in [4.78, 5) is 23.3. The fourth-order valence-electron chi connectivity index (χ4n) is 2.43. The van der Waals surface area contributed by atoms with Crippen LogP contribution in [-0.4, -0.2) is 31.2 Å². The van der Waals surface area contributed by atoms with Crippen molar-refractivity contribution < 1.29 is 28.6 Å². The van der Waals surface area contributed by atoms with Gasteiger partial charge in [0, 0.05) is 17.7 Å². The summed E-state index contributed by atoms with van der Waals surface area (Å²) < 4.78 is 15.7. The second-order valence-corrected chi connectivity index (χ2v) is 5.12. The van der Waals surface area contributed by atoms with Crippen LogP contribution in [0.3, 0.4) is 0 Å². The molecule has 2 rings (SSSR count). The molecule has 7 nitrogen and oxygen atoms in total. The largest absolute Gasteiger partial charge is 0.493 e. The molecule has 0 bridgehead atoms. The van der Waals surface area contributed by atoms with E-state index in [0.29, 0.717) is 17.1 Å². The SMILES string of the molecule is COc1cccc(CNC(=O)c2c(C)coc2CC(=O)O)c1OC. The zero-order valence-corrected chi connectivity index (χ0v) is 13.7. The first-order valence-electron chi connectivity index (χ1n) is 7.24. The topological polar surface area (TPSA) is 98.0 Å². The normalized spacial score (nSPS) is 10.3. The van der Waals surface area contributed by atoms with Gasteiger partial charge in [-0.1, -0.05) is 12.1 Å². The summed E-state index contributed by atoms with van der Waals surface area (Å²) in [6.07, 6.45) is 1.03. The van der Waals surface area contributed by atoms with Crippen molar-refractivity contribution >= 4 is 11.9 Å². The van der Waals surface area contributed by atoms with Crippen molar-refractivity contribution in [3.63, 3.8) is 0 Å². The monoisotopic (exact) mass is 333 g/mol. The Balaban J connectivity index is 2.18. The Hall–Kier alpha value is -2.96. The summed E-state index contributed by atoms with van der Waals surface area (Å²) in [6.45, 7) is 1.90. The van der Waals surface area contributed by atoms with Gasteiger partial charge < -0.3 is 24.3 Å². The van der Waals surface area contributed by atoms with Gasteiger partial charge in [-0.15, -0.1) is 0 Å². The highest BCUT2D eigenvalue weighted by molar-refractivity contribution is 5.97. The molecule has 0 radical (unpaired) electrons. The number of benzene rings is 1. The molecule has 1 amide bonds. The van der Waals surface area contributed by atoms with Crippen molar-refractivity contribution in [3.8, 4) is 11.5 Å². The van der Waals surface area contributed by atoms with Gasteiger partial charge >= 0.3 is 5.97 Å². The number of hydrogen-bond acceptors (Lipinski definition) is 5. The Kier molecular flexibility index (Phi) is 5.47. The molecule has 7 heteroatoms. The van der Waals surface area contributed by atoms with Gasteiger partial charge in [-0.05, 0) is 13.0 Å². The number of rotatable bonds is 7. The molecular weight excluding hydrogens is 314 g/mol. The third-order valence-electron chi connectivity index (χ3n) is 3.51. The lowest BCUT2D eigenvalue weighted by molar-refractivity contribution is -0.136. The number of carbonyl (C=O) groups is 2. The molecule has 128 valence electrons. The zero-order chi connectivity index (χ0) is 17.7. The summed E-state index contributed by atoms with van der Waals surface area (Å²) in [7, 11) is 3.06. The smallest absolute Gasteiger partial charge is 0.311 e. The lowest BCUT2D eigenvalue weighted by atomic mass is 10.1. The number of carboxylic acid groups (broad SMARTS) is 1. The molecule has 0 unspecified atom stereocenters. The lowest BCUT2D eigenvalue weighted by Crippen LogP contribution is -2.24. The minimum absolute atomic E-state index is 0.134. The molecule has 0 aliphatic rings. The van der Waals surface area contributed by atoms with Crippen molar-refractivity contribution in [2.45, 2.75) is 19.9 Å². The molecule has 2 N–H and O–H groups in total.